The summed E-state index contributed by atoms with van der Waals surface area (Å²) in [5.74, 6) is -0.762. The van der Waals surface area contributed by atoms with Gasteiger partial charge in [-0.15, -0.1) is 0 Å². The van der Waals surface area contributed by atoms with Gasteiger partial charge in [0.15, 0.2) is 0 Å². The number of carbonyl (C=O) groups excluding carboxylic acids is 1. The Morgan fingerprint density at radius 2 is 2.25 bits per heavy atom. The number of hydrogen-bond acceptors (Lipinski definition) is 4. The highest BCUT2D eigenvalue weighted by Crippen LogP contribution is 2.27. The van der Waals surface area contributed by atoms with E-state index in [2.05, 4.69) is 17.0 Å². The third-order valence-electron chi connectivity index (χ3n) is 4.05. The second kappa shape index (κ2) is 6.02. The van der Waals surface area contributed by atoms with Crippen molar-refractivity contribution in [3.05, 3.63) is 12.7 Å². The van der Waals surface area contributed by atoms with Crippen LogP contribution in [0.2, 0.25) is 0 Å². The number of piperidine rings is 1. The van der Waals surface area contributed by atoms with Crippen LogP contribution in [0.4, 0.5) is 0 Å². The van der Waals surface area contributed by atoms with Crippen molar-refractivity contribution in [3.63, 3.8) is 0 Å². The summed E-state index contributed by atoms with van der Waals surface area (Å²) < 4.78 is 1.45. The average molecular weight is 280 g/mol. The summed E-state index contributed by atoms with van der Waals surface area (Å²) in [6.07, 6.45) is 5.17. The summed E-state index contributed by atoms with van der Waals surface area (Å²) in [4.78, 5) is 29.2. The highest BCUT2D eigenvalue weighted by Gasteiger charge is 2.37. The van der Waals surface area contributed by atoms with Gasteiger partial charge in [-0.2, -0.15) is 5.10 Å². The van der Waals surface area contributed by atoms with Crippen molar-refractivity contribution >= 4 is 11.9 Å². The summed E-state index contributed by atoms with van der Waals surface area (Å²) in [5, 5.41) is 13.3. The topological polar surface area (TPSA) is 88.3 Å². The molecule has 1 aromatic rings. The van der Waals surface area contributed by atoms with Gasteiger partial charge in [0.05, 0.1) is 0 Å². The van der Waals surface area contributed by atoms with E-state index in [-0.39, 0.29) is 5.91 Å². The van der Waals surface area contributed by atoms with E-state index in [1.54, 1.807) is 6.92 Å². The summed E-state index contributed by atoms with van der Waals surface area (Å²) in [6, 6.07) is -1.26. The number of amides is 1. The maximum absolute atomic E-state index is 12.5. The number of hydrogen-bond donors (Lipinski definition) is 1. The van der Waals surface area contributed by atoms with E-state index in [1.165, 1.54) is 22.2 Å². The third-order valence-corrected chi connectivity index (χ3v) is 4.05. The van der Waals surface area contributed by atoms with Gasteiger partial charge in [-0.3, -0.25) is 4.79 Å². The molecule has 0 spiro atoms. The van der Waals surface area contributed by atoms with Crippen molar-refractivity contribution in [3.8, 4) is 0 Å². The molecule has 1 fully saturated rings. The Labute approximate surface area is 117 Å². The number of likely N-dealkylation sites (tertiary alicyclic amines) is 1. The van der Waals surface area contributed by atoms with Crippen LogP contribution in [0, 0.1) is 5.92 Å². The maximum atomic E-state index is 12.5. The van der Waals surface area contributed by atoms with E-state index < -0.39 is 18.1 Å². The first-order valence-electron chi connectivity index (χ1n) is 6.92. The normalized spacial score (nSPS) is 24.4. The standard InChI is InChI=1S/C13H20N4O3/c1-3-10-4-5-16(11(6-10)13(19)20)12(18)9(2)17-8-14-7-15-17/h7-11H,3-6H2,1-2H3,(H,19,20). The van der Waals surface area contributed by atoms with Gasteiger partial charge in [-0.1, -0.05) is 13.3 Å². The van der Waals surface area contributed by atoms with E-state index in [0.717, 1.165) is 12.8 Å². The lowest BCUT2D eigenvalue weighted by Crippen LogP contribution is -2.51. The van der Waals surface area contributed by atoms with Crippen LogP contribution in [0.15, 0.2) is 12.7 Å². The molecule has 0 radical (unpaired) electrons. The monoisotopic (exact) mass is 280 g/mol. The second-order valence-corrected chi connectivity index (χ2v) is 5.24. The van der Waals surface area contributed by atoms with Crippen molar-refractivity contribution in [2.45, 2.75) is 45.2 Å². The number of aromatic nitrogens is 3. The minimum atomic E-state index is -0.928. The predicted molar refractivity (Wildman–Crippen MR) is 70.9 cm³/mol. The smallest absolute Gasteiger partial charge is 0.326 e. The Bertz CT molecular complexity index is 474. The predicted octanol–water partition coefficient (Wildman–Crippen LogP) is 0.941. The average Bonchev–Trinajstić information content (AvgIpc) is 2.99. The molecule has 7 heteroatoms. The van der Waals surface area contributed by atoms with Crippen molar-refractivity contribution in [2.75, 3.05) is 6.54 Å². The molecule has 2 rings (SSSR count). The fraction of sp³-hybridized carbons (Fsp3) is 0.692. The number of nitrogens with zero attached hydrogens (tertiary/aromatic N) is 4. The lowest BCUT2D eigenvalue weighted by Gasteiger charge is -2.38. The van der Waals surface area contributed by atoms with Gasteiger partial charge in [-0.05, 0) is 25.7 Å². The lowest BCUT2D eigenvalue weighted by atomic mass is 9.88. The summed E-state index contributed by atoms with van der Waals surface area (Å²) in [6.45, 7) is 4.26. The van der Waals surface area contributed by atoms with Crippen LogP contribution >= 0.6 is 0 Å². The molecule has 1 aromatic heterocycles. The molecule has 20 heavy (non-hydrogen) atoms. The number of carbonyl (C=O) groups is 2. The van der Waals surface area contributed by atoms with E-state index in [1.807, 2.05) is 0 Å². The molecule has 110 valence electrons. The van der Waals surface area contributed by atoms with Gasteiger partial charge in [0.1, 0.15) is 24.7 Å². The Morgan fingerprint density at radius 1 is 1.50 bits per heavy atom. The molecule has 1 aliphatic rings. The van der Waals surface area contributed by atoms with Crippen molar-refractivity contribution in [1.82, 2.24) is 19.7 Å². The quantitative estimate of drug-likeness (QED) is 0.886. The molecular weight excluding hydrogens is 260 g/mol. The lowest BCUT2D eigenvalue weighted by molar-refractivity contribution is -0.154. The van der Waals surface area contributed by atoms with Gasteiger partial charge in [0.2, 0.25) is 5.91 Å². The first kappa shape index (κ1) is 14.5. The van der Waals surface area contributed by atoms with Crippen LogP contribution in [0.25, 0.3) is 0 Å². The molecule has 1 amide bonds. The number of aliphatic carboxylic acids is 1. The van der Waals surface area contributed by atoms with Crippen LogP contribution < -0.4 is 0 Å². The zero-order chi connectivity index (χ0) is 14.7. The molecule has 1 saturated heterocycles. The van der Waals surface area contributed by atoms with Crippen molar-refractivity contribution in [2.24, 2.45) is 5.92 Å². The zero-order valence-electron chi connectivity index (χ0n) is 11.8. The van der Waals surface area contributed by atoms with Gasteiger partial charge in [-0.25, -0.2) is 14.5 Å². The molecule has 0 bridgehead atoms. The molecule has 1 aliphatic heterocycles. The summed E-state index contributed by atoms with van der Waals surface area (Å²) in [7, 11) is 0. The number of carboxylic acid groups (broad SMARTS) is 1. The zero-order valence-corrected chi connectivity index (χ0v) is 11.8. The summed E-state index contributed by atoms with van der Waals surface area (Å²) in [5.41, 5.74) is 0. The molecular formula is C13H20N4O3. The van der Waals surface area contributed by atoms with Crippen molar-refractivity contribution in [1.29, 1.82) is 0 Å². The largest absolute Gasteiger partial charge is 0.480 e. The Morgan fingerprint density at radius 3 is 2.80 bits per heavy atom. The first-order valence-corrected chi connectivity index (χ1v) is 6.92. The summed E-state index contributed by atoms with van der Waals surface area (Å²) >= 11 is 0. The minimum Gasteiger partial charge on any atom is -0.480 e. The van der Waals surface area contributed by atoms with E-state index >= 15 is 0 Å². The minimum absolute atomic E-state index is 0.211. The van der Waals surface area contributed by atoms with E-state index in [4.69, 9.17) is 0 Å². The fourth-order valence-corrected chi connectivity index (χ4v) is 2.68. The highest BCUT2D eigenvalue weighted by atomic mass is 16.4. The van der Waals surface area contributed by atoms with E-state index in [9.17, 15) is 14.7 Å². The van der Waals surface area contributed by atoms with Gasteiger partial charge in [0, 0.05) is 6.54 Å². The third kappa shape index (κ3) is 2.81. The van der Waals surface area contributed by atoms with Crippen LogP contribution in [-0.4, -0.2) is 49.2 Å². The van der Waals surface area contributed by atoms with Crippen LogP contribution in [0.5, 0.6) is 0 Å². The van der Waals surface area contributed by atoms with Gasteiger partial charge < -0.3 is 10.0 Å². The molecule has 2 heterocycles. The van der Waals surface area contributed by atoms with Crippen LogP contribution in [0.3, 0.4) is 0 Å². The highest BCUT2D eigenvalue weighted by molar-refractivity contribution is 5.86. The van der Waals surface area contributed by atoms with E-state index in [0.29, 0.717) is 18.9 Å². The Hall–Kier alpha value is -1.92. The fourth-order valence-electron chi connectivity index (χ4n) is 2.68. The molecule has 0 aromatic carbocycles. The number of carboxylic acids is 1. The molecule has 0 aliphatic carbocycles. The molecule has 3 unspecified atom stereocenters. The molecule has 1 N–H and O–H groups in total. The van der Waals surface area contributed by atoms with Gasteiger partial charge >= 0.3 is 5.97 Å². The molecule has 0 saturated carbocycles. The molecule has 3 atom stereocenters. The SMILES string of the molecule is CCC1CCN(C(=O)C(C)n2cncn2)C(C(=O)O)C1. The van der Waals surface area contributed by atoms with Crippen LogP contribution in [0.1, 0.15) is 39.2 Å². The Kier molecular flexibility index (Phi) is 4.36. The first-order chi connectivity index (χ1) is 9.54. The van der Waals surface area contributed by atoms with Gasteiger partial charge in [0.25, 0.3) is 0 Å². The van der Waals surface area contributed by atoms with Crippen LogP contribution in [-0.2, 0) is 9.59 Å². The number of rotatable bonds is 4. The van der Waals surface area contributed by atoms with Crippen molar-refractivity contribution < 1.29 is 14.7 Å². The molecule has 7 nitrogen and oxygen atoms in total. The second-order valence-electron chi connectivity index (χ2n) is 5.24. The Balaban J connectivity index is 2.13. The maximum Gasteiger partial charge on any atom is 0.326 e.